The highest BCUT2D eigenvalue weighted by atomic mass is 16.6. The van der Waals surface area contributed by atoms with E-state index in [0.29, 0.717) is 5.76 Å². The van der Waals surface area contributed by atoms with Crippen LogP contribution in [-0.2, 0) is 9.53 Å². The molecule has 1 N–H and O–H groups in total. The van der Waals surface area contributed by atoms with Crippen LogP contribution in [0.2, 0.25) is 0 Å². The number of carbonyl (C=O) groups excluding carboxylic acids is 2. The van der Waals surface area contributed by atoms with Gasteiger partial charge in [0.2, 0.25) is 0 Å². The van der Waals surface area contributed by atoms with Crippen LogP contribution in [0, 0.1) is 24.0 Å². The lowest BCUT2D eigenvalue weighted by molar-refractivity contribution is -0.385. The number of nitro groups is 1. The summed E-state index contributed by atoms with van der Waals surface area (Å²) in [6, 6.07) is 5.58. The van der Waals surface area contributed by atoms with Crippen LogP contribution in [0.25, 0.3) is 0 Å². The van der Waals surface area contributed by atoms with Crippen molar-refractivity contribution in [1.82, 2.24) is 5.16 Å². The van der Waals surface area contributed by atoms with Gasteiger partial charge >= 0.3 is 5.97 Å². The second-order valence-electron chi connectivity index (χ2n) is 5.07. The van der Waals surface area contributed by atoms with Gasteiger partial charge in [0, 0.05) is 17.7 Å². The number of ether oxygens (including phenoxy) is 1. The Kier molecular flexibility index (Phi) is 4.93. The summed E-state index contributed by atoms with van der Waals surface area (Å²) in [5.74, 6) is -0.705. The van der Waals surface area contributed by atoms with E-state index in [4.69, 9.17) is 9.26 Å². The molecule has 0 bridgehead atoms. The molecule has 0 aliphatic heterocycles. The van der Waals surface area contributed by atoms with E-state index in [-0.39, 0.29) is 22.6 Å². The largest absolute Gasteiger partial charge is 0.449 e. The summed E-state index contributed by atoms with van der Waals surface area (Å²) in [5.41, 5.74) is 0.00740. The fourth-order valence-electron chi connectivity index (χ4n) is 1.97. The van der Waals surface area contributed by atoms with Crippen molar-refractivity contribution in [3.05, 3.63) is 51.3 Å². The fourth-order valence-corrected chi connectivity index (χ4v) is 1.97. The number of hydrogen-bond donors (Lipinski definition) is 1. The standard InChI is InChI=1S/C15H15N3O6/c1-8-7-13(17-24-8)16-14(19)10(3)23-15(20)11-5-4-6-12(9(11)2)18(21)22/h4-7,10H,1-3H3,(H,16,17,19)/t10-/m0/s1. The molecule has 0 saturated heterocycles. The zero-order valence-corrected chi connectivity index (χ0v) is 13.2. The summed E-state index contributed by atoms with van der Waals surface area (Å²) in [6.07, 6.45) is -1.12. The van der Waals surface area contributed by atoms with E-state index < -0.39 is 22.9 Å². The maximum atomic E-state index is 12.2. The third kappa shape index (κ3) is 3.75. The number of aryl methyl sites for hydroxylation is 1. The van der Waals surface area contributed by atoms with Gasteiger partial charge in [-0.25, -0.2) is 4.79 Å². The van der Waals surface area contributed by atoms with Gasteiger partial charge in [-0.15, -0.1) is 0 Å². The Morgan fingerprint density at radius 3 is 2.67 bits per heavy atom. The summed E-state index contributed by atoms with van der Waals surface area (Å²) >= 11 is 0. The van der Waals surface area contributed by atoms with E-state index in [0.717, 1.165) is 0 Å². The molecule has 1 amide bonds. The van der Waals surface area contributed by atoms with Gasteiger partial charge in [-0.05, 0) is 26.8 Å². The number of carbonyl (C=O) groups is 2. The normalized spacial score (nSPS) is 11.6. The first-order chi connectivity index (χ1) is 11.3. The zero-order valence-electron chi connectivity index (χ0n) is 13.2. The molecule has 2 aromatic rings. The molecule has 2 rings (SSSR count). The van der Waals surface area contributed by atoms with Crippen molar-refractivity contribution in [3.63, 3.8) is 0 Å². The minimum absolute atomic E-state index is 0.0288. The number of anilines is 1. The second-order valence-corrected chi connectivity index (χ2v) is 5.07. The SMILES string of the molecule is Cc1cc(NC(=O)[C@H](C)OC(=O)c2cccc([N+](=O)[O-])c2C)no1. The number of benzene rings is 1. The highest BCUT2D eigenvalue weighted by Crippen LogP contribution is 2.22. The molecule has 0 unspecified atom stereocenters. The Morgan fingerprint density at radius 1 is 1.38 bits per heavy atom. The molecule has 0 fully saturated rings. The van der Waals surface area contributed by atoms with Crippen molar-refractivity contribution in [3.8, 4) is 0 Å². The van der Waals surface area contributed by atoms with Crippen LogP contribution in [0.1, 0.15) is 28.6 Å². The molecule has 9 heteroatoms. The summed E-state index contributed by atoms with van der Waals surface area (Å²) in [6.45, 7) is 4.49. The van der Waals surface area contributed by atoms with E-state index in [9.17, 15) is 19.7 Å². The van der Waals surface area contributed by atoms with Gasteiger partial charge in [0.25, 0.3) is 11.6 Å². The molecule has 0 aliphatic rings. The van der Waals surface area contributed by atoms with Crippen LogP contribution in [-0.4, -0.2) is 28.1 Å². The van der Waals surface area contributed by atoms with Crippen LogP contribution < -0.4 is 5.32 Å². The van der Waals surface area contributed by atoms with Gasteiger partial charge in [0.05, 0.1) is 10.5 Å². The quantitative estimate of drug-likeness (QED) is 0.506. The van der Waals surface area contributed by atoms with E-state index >= 15 is 0 Å². The summed E-state index contributed by atoms with van der Waals surface area (Å²) in [7, 11) is 0. The van der Waals surface area contributed by atoms with Crippen LogP contribution in [0.4, 0.5) is 11.5 Å². The van der Waals surface area contributed by atoms with Gasteiger partial charge in [0.15, 0.2) is 11.9 Å². The predicted octanol–water partition coefficient (Wildman–Crippen LogP) is 2.38. The predicted molar refractivity (Wildman–Crippen MR) is 82.6 cm³/mol. The maximum Gasteiger partial charge on any atom is 0.339 e. The summed E-state index contributed by atoms with van der Waals surface area (Å²) in [4.78, 5) is 34.4. The second kappa shape index (κ2) is 6.90. The highest BCUT2D eigenvalue weighted by molar-refractivity contribution is 5.97. The molecular formula is C15H15N3O6. The van der Waals surface area contributed by atoms with E-state index in [1.807, 2.05) is 0 Å². The monoisotopic (exact) mass is 333 g/mol. The lowest BCUT2D eigenvalue weighted by Crippen LogP contribution is -2.30. The zero-order chi connectivity index (χ0) is 17.9. The minimum Gasteiger partial charge on any atom is -0.449 e. The van der Waals surface area contributed by atoms with Crippen molar-refractivity contribution < 1.29 is 23.8 Å². The van der Waals surface area contributed by atoms with Gasteiger partial charge in [-0.2, -0.15) is 0 Å². The third-order valence-electron chi connectivity index (χ3n) is 3.25. The van der Waals surface area contributed by atoms with Gasteiger partial charge in [-0.3, -0.25) is 14.9 Å². The number of aromatic nitrogens is 1. The van der Waals surface area contributed by atoms with E-state index in [1.165, 1.54) is 38.1 Å². The van der Waals surface area contributed by atoms with Crippen molar-refractivity contribution in [2.45, 2.75) is 26.9 Å². The average Bonchev–Trinajstić information content (AvgIpc) is 2.91. The van der Waals surface area contributed by atoms with E-state index in [1.54, 1.807) is 6.92 Å². The number of esters is 1. The van der Waals surface area contributed by atoms with Gasteiger partial charge < -0.3 is 14.6 Å². The lowest BCUT2D eigenvalue weighted by atomic mass is 10.1. The molecule has 0 saturated carbocycles. The first kappa shape index (κ1) is 17.1. The topological polar surface area (TPSA) is 125 Å². The number of hydrogen-bond acceptors (Lipinski definition) is 7. The Hall–Kier alpha value is -3.23. The van der Waals surface area contributed by atoms with Crippen molar-refractivity contribution >= 4 is 23.4 Å². The fraction of sp³-hybridized carbons (Fsp3) is 0.267. The Bertz CT molecular complexity index is 798. The Labute approximate surface area is 136 Å². The highest BCUT2D eigenvalue weighted by Gasteiger charge is 2.23. The molecule has 0 radical (unpaired) electrons. The number of nitrogens with one attached hydrogen (secondary N) is 1. The van der Waals surface area contributed by atoms with Crippen molar-refractivity contribution in [2.75, 3.05) is 5.32 Å². The Balaban J connectivity index is 2.07. The van der Waals surface area contributed by atoms with Crippen LogP contribution in [0.5, 0.6) is 0 Å². The van der Waals surface area contributed by atoms with Gasteiger partial charge in [0.1, 0.15) is 5.76 Å². The first-order valence-corrected chi connectivity index (χ1v) is 6.98. The van der Waals surface area contributed by atoms with Crippen LogP contribution in [0.3, 0.4) is 0 Å². The molecule has 24 heavy (non-hydrogen) atoms. The molecule has 9 nitrogen and oxygen atoms in total. The molecule has 1 aromatic carbocycles. The summed E-state index contributed by atoms with van der Waals surface area (Å²) < 4.78 is 9.87. The number of amides is 1. The summed E-state index contributed by atoms with van der Waals surface area (Å²) in [5, 5.41) is 16.9. The maximum absolute atomic E-state index is 12.2. The van der Waals surface area contributed by atoms with E-state index in [2.05, 4.69) is 10.5 Å². The molecule has 0 aliphatic carbocycles. The van der Waals surface area contributed by atoms with Crippen LogP contribution >= 0.6 is 0 Å². The number of nitro benzene ring substituents is 1. The molecule has 1 heterocycles. The number of rotatable bonds is 5. The molecule has 1 atom stereocenters. The lowest BCUT2D eigenvalue weighted by Gasteiger charge is -2.13. The van der Waals surface area contributed by atoms with Gasteiger partial charge in [-0.1, -0.05) is 11.2 Å². The van der Waals surface area contributed by atoms with Crippen molar-refractivity contribution in [1.29, 1.82) is 0 Å². The molecule has 1 aromatic heterocycles. The van der Waals surface area contributed by atoms with Crippen molar-refractivity contribution in [2.24, 2.45) is 0 Å². The molecule has 0 spiro atoms. The van der Waals surface area contributed by atoms with Crippen LogP contribution in [0.15, 0.2) is 28.8 Å². The molecular weight excluding hydrogens is 318 g/mol. The Morgan fingerprint density at radius 2 is 2.08 bits per heavy atom. The third-order valence-corrected chi connectivity index (χ3v) is 3.25. The smallest absolute Gasteiger partial charge is 0.339 e. The number of nitrogens with zero attached hydrogens (tertiary/aromatic N) is 2. The minimum atomic E-state index is -1.12. The molecule has 126 valence electrons. The average molecular weight is 333 g/mol. The first-order valence-electron chi connectivity index (χ1n) is 6.98.